The van der Waals surface area contributed by atoms with Crippen molar-refractivity contribution in [2.75, 3.05) is 23.8 Å². The van der Waals surface area contributed by atoms with E-state index >= 15 is 0 Å². The van der Waals surface area contributed by atoms with E-state index < -0.39 is 0 Å². The van der Waals surface area contributed by atoms with Crippen LogP contribution in [0.2, 0.25) is 5.02 Å². The van der Waals surface area contributed by atoms with Gasteiger partial charge in [-0.05, 0) is 55.3 Å². The molecule has 0 saturated heterocycles. The molecule has 0 spiro atoms. The maximum absolute atomic E-state index is 12.1. The van der Waals surface area contributed by atoms with Gasteiger partial charge < -0.3 is 20.1 Å². The minimum Gasteiger partial charge on any atom is -0.494 e. The lowest BCUT2D eigenvalue weighted by Gasteiger charge is -2.18. The summed E-state index contributed by atoms with van der Waals surface area (Å²) in [6, 6.07) is 10.6. The average molecular weight is 375 g/mol. The van der Waals surface area contributed by atoms with Crippen molar-refractivity contribution >= 4 is 34.8 Å². The second kappa shape index (κ2) is 8.10. The minimum atomic E-state index is -0.212. The number of ether oxygens (including phenoxy) is 2. The van der Waals surface area contributed by atoms with Crippen molar-refractivity contribution in [2.24, 2.45) is 0 Å². The molecule has 0 atom stereocenters. The van der Waals surface area contributed by atoms with Crippen LogP contribution in [-0.2, 0) is 9.59 Å². The zero-order valence-corrected chi connectivity index (χ0v) is 15.1. The molecule has 136 valence electrons. The predicted octanol–water partition coefficient (Wildman–Crippen LogP) is 3.78. The summed E-state index contributed by atoms with van der Waals surface area (Å²) in [6.45, 7) is 2.35. The van der Waals surface area contributed by atoms with Crippen LogP contribution in [0.25, 0.3) is 0 Å². The van der Waals surface area contributed by atoms with Gasteiger partial charge in [-0.15, -0.1) is 0 Å². The Bertz CT molecular complexity index is 838. The monoisotopic (exact) mass is 374 g/mol. The first-order chi connectivity index (χ1) is 12.5. The summed E-state index contributed by atoms with van der Waals surface area (Å²) < 4.78 is 10.9. The second-order valence-electron chi connectivity index (χ2n) is 5.96. The summed E-state index contributed by atoms with van der Waals surface area (Å²) in [4.78, 5) is 23.4. The molecular weight excluding hydrogens is 356 g/mol. The lowest BCUT2D eigenvalue weighted by atomic mass is 10.2. The van der Waals surface area contributed by atoms with Crippen molar-refractivity contribution in [1.29, 1.82) is 0 Å². The van der Waals surface area contributed by atoms with Crippen LogP contribution in [0.1, 0.15) is 18.4 Å². The van der Waals surface area contributed by atoms with E-state index in [0.29, 0.717) is 41.6 Å². The van der Waals surface area contributed by atoms with Crippen molar-refractivity contribution in [3.8, 4) is 11.5 Å². The van der Waals surface area contributed by atoms with Gasteiger partial charge in [0.1, 0.15) is 11.5 Å². The first-order valence-electron chi connectivity index (χ1n) is 8.27. The number of carbonyl (C=O) groups is 2. The Morgan fingerprint density at radius 3 is 2.96 bits per heavy atom. The van der Waals surface area contributed by atoms with Gasteiger partial charge in [0, 0.05) is 17.1 Å². The molecule has 1 aliphatic rings. The molecule has 0 unspecified atom stereocenters. The maximum Gasteiger partial charge on any atom is 0.262 e. The molecule has 0 radical (unpaired) electrons. The van der Waals surface area contributed by atoms with E-state index in [4.69, 9.17) is 21.1 Å². The lowest BCUT2D eigenvalue weighted by molar-refractivity contribution is -0.118. The summed E-state index contributed by atoms with van der Waals surface area (Å²) in [6.07, 6.45) is 0.908. The number of nitrogens with one attached hydrogen (secondary N) is 2. The summed E-state index contributed by atoms with van der Waals surface area (Å²) >= 11 is 5.97. The summed E-state index contributed by atoms with van der Waals surface area (Å²) in [5.41, 5.74) is 2.11. The van der Waals surface area contributed by atoms with Gasteiger partial charge in [0.05, 0.1) is 12.3 Å². The number of aryl methyl sites for hydroxylation is 1. The van der Waals surface area contributed by atoms with Crippen LogP contribution in [0, 0.1) is 6.92 Å². The molecule has 2 amide bonds. The number of anilines is 2. The van der Waals surface area contributed by atoms with Crippen LogP contribution in [-0.4, -0.2) is 25.0 Å². The SMILES string of the molecule is Cc1cc(OCCCC(=O)Nc2ccc3c(c2)NC(=O)CO3)ccc1Cl. The van der Waals surface area contributed by atoms with Crippen LogP contribution in [0.4, 0.5) is 11.4 Å². The number of halogens is 1. The summed E-state index contributed by atoms with van der Waals surface area (Å²) in [7, 11) is 0. The highest BCUT2D eigenvalue weighted by Crippen LogP contribution is 2.30. The third kappa shape index (κ3) is 4.67. The molecular formula is C19H19ClN2O4. The van der Waals surface area contributed by atoms with E-state index in [0.717, 1.165) is 11.3 Å². The Balaban J connectivity index is 1.45. The predicted molar refractivity (Wildman–Crippen MR) is 100 cm³/mol. The van der Waals surface area contributed by atoms with Crippen molar-refractivity contribution in [1.82, 2.24) is 0 Å². The number of hydrogen-bond acceptors (Lipinski definition) is 4. The first kappa shape index (κ1) is 18.1. The zero-order chi connectivity index (χ0) is 18.5. The van der Waals surface area contributed by atoms with E-state index in [9.17, 15) is 9.59 Å². The highest BCUT2D eigenvalue weighted by atomic mass is 35.5. The summed E-state index contributed by atoms with van der Waals surface area (Å²) in [5.74, 6) is 0.992. The lowest BCUT2D eigenvalue weighted by Crippen LogP contribution is -2.25. The zero-order valence-electron chi connectivity index (χ0n) is 14.3. The molecule has 0 saturated carbocycles. The molecule has 0 bridgehead atoms. The average Bonchev–Trinajstić information content (AvgIpc) is 2.61. The normalized spacial score (nSPS) is 12.6. The van der Waals surface area contributed by atoms with Crippen molar-refractivity contribution in [3.05, 3.63) is 47.0 Å². The Morgan fingerprint density at radius 2 is 2.15 bits per heavy atom. The van der Waals surface area contributed by atoms with E-state index in [1.165, 1.54) is 0 Å². The van der Waals surface area contributed by atoms with Gasteiger partial charge in [0.15, 0.2) is 6.61 Å². The van der Waals surface area contributed by atoms with Gasteiger partial charge in [-0.25, -0.2) is 0 Å². The molecule has 7 heteroatoms. The Kier molecular flexibility index (Phi) is 5.63. The smallest absolute Gasteiger partial charge is 0.262 e. The minimum absolute atomic E-state index is 0.00580. The highest BCUT2D eigenvalue weighted by Gasteiger charge is 2.16. The molecule has 0 aliphatic carbocycles. The van der Waals surface area contributed by atoms with Gasteiger partial charge in [-0.1, -0.05) is 11.6 Å². The van der Waals surface area contributed by atoms with E-state index in [1.807, 2.05) is 13.0 Å². The molecule has 1 heterocycles. The maximum atomic E-state index is 12.1. The molecule has 6 nitrogen and oxygen atoms in total. The van der Waals surface area contributed by atoms with Gasteiger partial charge in [0.25, 0.3) is 5.91 Å². The van der Waals surface area contributed by atoms with Gasteiger partial charge >= 0.3 is 0 Å². The van der Waals surface area contributed by atoms with E-state index in [1.54, 1.807) is 30.3 Å². The van der Waals surface area contributed by atoms with Gasteiger partial charge in [-0.2, -0.15) is 0 Å². The standard InChI is InChI=1S/C19H19ClN2O4/c1-12-9-14(5-6-15(12)20)25-8-2-3-18(23)21-13-4-7-17-16(10-13)22-19(24)11-26-17/h4-7,9-10H,2-3,8,11H2,1H3,(H,21,23)(H,22,24). The van der Waals surface area contributed by atoms with Crippen LogP contribution in [0.15, 0.2) is 36.4 Å². The number of fused-ring (bicyclic) bond motifs is 1. The third-order valence-corrected chi connectivity index (χ3v) is 4.27. The fourth-order valence-electron chi connectivity index (χ4n) is 2.51. The highest BCUT2D eigenvalue weighted by molar-refractivity contribution is 6.31. The Morgan fingerprint density at radius 1 is 1.31 bits per heavy atom. The fourth-order valence-corrected chi connectivity index (χ4v) is 2.63. The summed E-state index contributed by atoms with van der Waals surface area (Å²) in [5, 5.41) is 6.21. The topological polar surface area (TPSA) is 76.7 Å². The largest absolute Gasteiger partial charge is 0.494 e. The quantitative estimate of drug-likeness (QED) is 0.754. The van der Waals surface area contributed by atoms with Crippen LogP contribution < -0.4 is 20.1 Å². The Hall–Kier alpha value is -2.73. The molecule has 0 aromatic heterocycles. The number of hydrogen-bond donors (Lipinski definition) is 2. The van der Waals surface area contributed by atoms with Crippen LogP contribution >= 0.6 is 11.6 Å². The van der Waals surface area contributed by atoms with E-state index in [-0.39, 0.29) is 18.4 Å². The van der Waals surface area contributed by atoms with Crippen molar-refractivity contribution in [3.63, 3.8) is 0 Å². The molecule has 2 aromatic carbocycles. The van der Waals surface area contributed by atoms with Crippen molar-refractivity contribution in [2.45, 2.75) is 19.8 Å². The first-order valence-corrected chi connectivity index (χ1v) is 8.64. The number of benzene rings is 2. The Labute approximate surface area is 156 Å². The fraction of sp³-hybridized carbons (Fsp3) is 0.263. The molecule has 2 aromatic rings. The van der Waals surface area contributed by atoms with Gasteiger partial charge in [0.2, 0.25) is 5.91 Å². The van der Waals surface area contributed by atoms with Crippen molar-refractivity contribution < 1.29 is 19.1 Å². The van der Waals surface area contributed by atoms with Crippen LogP contribution in [0.3, 0.4) is 0 Å². The third-order valence-electron chi connectivity index (χ3n) is 3.84. The molecule has 26 heavy (non-hydrogen) atoms. The van der Waals surface area contributed by atoms with Gasteiger partial charge in [-0.3, -0.25) is 9.59 Å². The number of rotatable bonds is 6. The van der Waals surface area contributed by atoms with Crippen LogP contribution in [0.5, 0.6) is 11.5 Å². The molecule has 0 fully saturated rings. The molecule has 3 rings (SSSR count). The van der Waals surface area contributed by atoms with E-state index in [2.05, 4.69) is 10.6 Å². The number of carbonyl (C=O) groups excluding carboxylic acids is 2. The molecule has 2 N–H and O–H groups in total. The second-order valence-corrected chi connectivity index (χ2v) is 6.37. The number of amides is 2. The molecule has 1 aliphatic heterocycles.